The highest BCUT2D eigenvalue weighted by atomic mass is 16.5. The maximum Gasteiger partial charge on any atom is 0.0572 e. The van der Waals surface area contributed by atoms with Crippen LogP contribution in [0.4, 0.5) is 0 Å². The van der Waals surface area contributed by atoms with Crippen molar-refractivity contribution in [1.29, 1.82) is 0 Å². The molecule has 54 valence electrons. The van der Waals surface area contributed by atoms with Crippen molar-refractivity contribution in [3.05, 3.63) is 0 Å². The van der Waals surface area contributed by atoms with Crippen LogP contribution in [-0.2, 0) is 4.74 Å². The maximum atomic E-state index is 5.50. The van der Waals surface area contributed by atoms with E-state index in [0.29, 0.717) is 6.10 Å². The van der Waals surface area contributed by atoms with Crippen molar-refractivity contribution in [1.82, 2.24) is 0 Å². The molecular weight excluding hydrogens is 112 g/mol. The minimum atomic E-state index is 0.487. The van der Waals surface area contributed by atoms with Crippen LogP contribution in [0.1, 0.15) is 27.2 Å². The van der Waals surface area contributed by atoms with E-state index in [1.807, 2.05) is 0 Å². The smallest absolute Gasteiger partial charge is 0.0572 e. The van der Waals surface area contributed by atoms with Gasteiger partial charge in [-0.05, 0) is 25.2 Å². The van der Waals surface area contributed by atoms with E-state index >= 15 is 0 Å². The molecule has 0 N–H and O–H groups in total. The number of ether oxygens (including phenoxy) is 1. The van der Waals surface area contributed by atoms with Gasteiger partial charge in [-0.3, -0.25) is 0 Å². The van der Waals surface area contributed by atoms with Gasteiger partial charge in [0.05, 0.1) is 6.10 Å². The van der Waals surface area contributed by atoms with E-state index in [4.69, 9.17) is 4.74 Å². The van der Waals surface area contributed by atoms with Crippen molar-refractivity contribution in [3.63, 3.8) is 0 Å². The second-order valence-corrected chi connectivity index (χ2v) is 3.36. The lowest BCUT2D eigenvalue weighted by atomic mass is 9.91. The average Bonchev–Trinajstić information content (AvgIpc) is 1.80. The summed E-state index contributed by atoms with van der Waals surface area (Å²) in [6, 6.07) is 0. The standard InChI is InChI=1S/C8H16O/c1-6-4-7(2)8(3)9-5-6/h6-8H,4-5H2,1-3H3/t6-,7-,8-/m1/s1. The molecule has 0 aromatic heterocycles. The summed E-state index contributed by atoms with van der Waals surface area (Å²) in [5, 5.41) is 0. The summed E-state index contributed by atoms with van der Waals surface area (Å²) in [6.45, 7) is 7.64. The molecule has 1 fully saturated rings. The molecule has 0 spiro atoms. The topological polar surface area (TPSA) is 9.23 Å². The molecule has 0 saturated carbocycles. The summed E-state index contributed by atoms with van der Waals surface area (Å²) in [6.07, 6.45) is 1.82. The molecule has 1 heterocycles. The Morgan fingerprint density at radius 3 is 2.33 bits per heavy atom. The Balaban J connectivity index is 2.35. The van der Waals surface area contributed by atoms with Crippen molar-refractivity contribution >= 4 is 0 Å². The molecule has 0 bridgehead atoms. The zero-order valence-corrected chi connectivity index (χ0v) is 6.55. The first-order valence-corrected chi connectivity index (χ1v) is 3.81. The fourth-order valence-corrected chi connectivity index (χ4v) is 1.37. The van der Waals surface area contributed by atoms with E-state index in [2.05, 4.69) is 20.8 Å². The van der Waals surface area contributed by atoms with Crippen LogP contribution in [0.5, 0.6) is 0 Å². The molecule has 1 nitrogen and oxygen atoms in total. The van der Waals surface area contributed by atoms with Gasteiger partial charge in [0.25, 0.3) is 0 Å². The third kappa shape index (κ3) is 1.68. The fraction of sp³-hybridized carbons (Fsp3) is 1.00. The monoisotopic (exact) mass is 128 g/mol. The molecule has 1 rings (SSSR count). The van der Waals surface area contributed by atoms with E-state index in [1.54, 1.807) is 0 Å². The van der Waals surface area contributed by atoms with Gasteiger partial charge in [-0.2, -0.15) is 0 Å². The molecule has 0 unspecified atom stereocenters. The van der Waals surface area contributed by atoms with Gasteiger partial charge >= 0.3 is 0 Å². The average molecular weight is 128 g/mol. The first kappa shape index (κ1) is 7.07. The van der Waals surface area contributed by atoms with Gasteiger partial charge in [-0.25, -0.2) is 0 Å². The van der Waals surface area contributed by atoms with Crippen LogP contribution in [-0.4, -0.2) is 12.7 Å². The Hall–Kier alpha value is -0.0400. The van der Waals surface area contributed by atoms with Gasteiger partial charge in [0.15, 0.2) is 0 Å². The minimum absolute atomic E-state index is 0.487. The molecule has 1 saturated heterocycles. The molecule has 1 aliphatic heterocycles. The lowest BCUT2D eigenvalue weighted by molar-refractivity contribution is -0.0351. The van der Waals surface area contributed by atoms with E-state index in [9.17, 15) is 0 Å². The van der Waals surface area contributed by atoms with Crippen LogP contribution in [0.25, 0.3) is 0 Å². The summed E-state index contributed by atoms with van der Waals surface area (Å²) >= 11 is 0. The lowest BCUT2D eigenvalue weighted by Gasteiger charge is -2.30. The number of hydrogen-bond donors (Lipinski definition) is 0. The Kier molecular flexibility index (Phi) is 2.12. The molecule has 1 heteroatoms. The highest BCUT2D eigenvalue weighted by Gasteiger charge is 2.21. The normalized spacial score (nSPS) is 45.0. The second kappa shape index (κ2) is 2.70. The Morgan fingerprint density at radius 2 is 1.89 bits per heavy atom. The maximum absolute atomic E-state index is 5.50. The van der Waals surface area contributed by atoms with E-state index in [-0.39, 0.29) is 0 Å². The molecule has 1 aliphatic rings. The van der Waals surface area contributed by atoms with Gasteiger partial charge in [0.1, 0.15) is 0 Å². The van der Waals surface area contributed by atoms with Crippen LogP contribution in [0.3, 0.4) is 0 Å². The second-order valence-electron chi connectivity index (χ2n) is 3.36. The number of hydrogen-bond acceptors (Lipinski definition) is 1. The zero-order chi connectivity index (χ0) is 6.85. The largest absolute Gasteiger partial charge is 0.378 e. The summed E-state index contributed by atoms with van der Waals surface area (Å²) in [5.74, 6) is 1.53. The van der Waals surface area contributed by atoms with Gasteiger partial charge in [0, 0.05) is 6.61 Å². The quantitative estimate of drug-likeness (QED) is 0.485. The summed E-state index contributed by atoms with van der Waals surface area (Å²) in [7, 11) is 0. The van der Waals surface area contributed by atoms with Crippen molar-refractivity contribution in [2.24, 2.45) is 11.8 Å². The van der Waals surface area contributed by atoms with Gasteiger partial charge < -0.3 is 4.74 Å². The molecule has 0 aromatic carbocycles. The highest BCUT2D eigenvalue weighted by Crippen LogP contribution is 2.23. The fourth-order valence-electron chi connectivity index (χ4n) is 1.37. The van der Waals surface area contributed by atoms with Crippen LogP contribution in [0, 0.1) is 11.8 Å². The molecule has 0 aromatic rings. The number of rotatable bonds is 0. The Bertz CT molecular complexity index is 90.6. The molecular formula is C8H16O. The third-order valence-electron chi connectivity index (χ3n) is 2.22. The lowest BCUT2D eigenvalue weighted by Crippen LogP contribution is -2.29. The van der Waals surface area contributed by atoms with Gasteiger partial charge in [-0.15, -0.1) is 0 Å². The van der Waals surface area contributed by atoms with E-state index < -0.39 is 0 Å². The van der Waals surface area contributed by atoms with Crippen molar-refractivity contribution in [3.8, 4) is 0 Å². The van der Waals surface area contributed by atoms with Crippen molar-refractivity contribution < 1.29 is 4.74 Å². The highest BCUT2D eigenvalue weighted by molar-refractivity contribution is 4.70. The van der Waals surface area contributed by atoms with Crippen molar-refractivity contribution in [2.45, 2.75) is 33.3 Å². The molecule has 0 aliphatic carbocycles. The minimum Gasteiger partial charge on any atom is -0.378 e. The van der Waals surface area contributed by atoms with Crippen LogP contribution >= 0.6 is 0 Å². The molecule has 0 amide bonds. The molecule has 0 radical (unpaired) electrons. The van der Waals surface area contributed by atoms with Crippen LogP contribution in [0.15, 0.2) is 0 Å². The first-order valence-electron chi connectivity index (χ1n) is 3.81. The Morgan fingerprint density at radius 1 is 1.22 bits per heavy atom. The summed E-state index contributed by atoms with van der Waals surface area (Å²) in [5.41, 5.74) is 0. The Labute approximate surface area is 57.4 Å². The zero-order valence-electron chi connectivity index (χ0n) is 6.55. The predicted octanol–water partition coefficient (Wildman–Crippen LogP) is 2.07. The first-order chi connectivity index (χ1) is 4.20. The van der Waals surface area contributed by atoms with E-state index in [0.717, 1.165) is 18.4 Å². The SMILES string of the molecule is C[C@H]1CO[C@H](C)[C@H](C)C1. The summed E-state index contributed by atoms with van der Waals surface area (Å²) in [4.78, 5) is 0. The third-order valence-corrected chi connectivity index (χ3v) is 2.22. The molecule has 9 heavy (non-hydrogen) atoms. The molecule has 3 atom stereocenters. The predicted molar refractivity (Wildman–Crippen MR) is 38.4 cm³/mol. The van der Waals surface area contributed by atoms with Gasteiger partial charge in [0.2, 0.25) is 0 Å². The van der Waals surface area contributed by atoms with Crippen molar-refractivity contribution in [2.75, 3.05) is 6.61 Å². The summed E-state index contributed by atoms with van der Waals surface area (Å²) < 4.78 is 5.50. The van der Waals surface area contributed by atoms with Gasteiger partial charge in [-0.1, -0.05) is 13.8 Å². The van der Waals surface area contributed by atoms with Crippen LogP contribution in [0.2, 0.25) is 0 Å². The van der Waals surface area contributed by atoms with E-state index in [1.165, 1.54) is 6.42 Å². The van der Waals surface area contributed by atoms with Crippen LogP contribution < -0.4 is 0 Å².